The number of hydrogen-bond donors (Lipinski definition) is 2. The molecule has 1 aromatic heterocycles. The zero-order valence-electron chi connectivity index (χ0n) is 19.1. The number of carbonyl (C=O) groups excluding carboxylic acids is 3. The zero-order chi connectivity index (χ0) is 26.2. The molecule has 0 fully saturated rings. The van der Waals surface area contributed by atoms with Crippen LogP contribution in [0.15, 0.2) is 88.4 Å². The maximum atomic E-state index is 12.5. The summed E-state index contributed by atoms with van der Waals surface area (Å²) >= 11 is 10.9. The molecule has 186 valence electrons. The Hall–Kier alpha value is -3.79. The quantitative estimate of drug-likeness (QED) is 0.0881. The van der Waals surface area contributed by atoms with Crippen molar-refractivity contribution < 1.29 is 19.1 Å². The number of benzene rings is 3. The van der Waals surface area contributed by atoms with Crippen LogP contribution in [0.4, 0.5) is 0 Å². The molecular weight excluding hydrogens is 578 g/mol. The number of hydrogen-bond acceptors (Lipinski definition) is 6. The molecule has 0 aliphatic carbocycles. The van der Waals surface area contributed by atoms with Crippen LogP contribution < -0.4 is 15.5 Å². The van der Waals surface area contributed by atoms with Gasteiger partial charge in [0.15, 0.2) is 0 Å². The summed E-state index contributed by atoms with van der Waals surface area (Å²) in [6.45, 7) is -0.300. The summed E-state index contributed by atoms with van der Waals surface area (Å²) in [5, 5.41) is 7.60. The molecule has 3 aromatic carbocycles. The highest BCUT2D eigenvalue weighted by molar-refractivity contribution is 9.10. The van der Waals surface area contributed by atoms with Crippen LogP contribution in [0.5, 0.6) is 5.75 Å². The van der Waals surface area contributed by atoms with E-state index < -0.39 is 17.8 Å². The minimum atomic E-state index is -0.563. The number of thiophene rings is 1. The van der Waals surface area contributed by atoms with Crippen LogP contribution in [-0.2, 0) is 9.59 Å². The van der Waals surface area contributed by atoms with Crippen molar-refractivity contribution in [1.82, 2.24) is 10.7 Å². The van der Waals surface area contributed by atoms with Gasteiger partial charge in [-0.3, -0.25) is 9.59 Å². The molecule has 0 atom stereocenters. The van der Waals surface area contributed by atoms with Gasteiger partial charge in [0.2, 0.25) is 0 Å². The summed E-state index contributed by atoms with van der Waals surface area (Å²) in [6.07, 6.45) is 4.32. The van der Waals surface area contributed by atoms with E-state index in [0.29, 0.717) is 15.5 Å². The maximum Gasteiger partial charge on any atom is 0.336 e. The number of halogens is 2. The molecule has 0 spiro atoms. The lowest BCUT2D eigenvalue weighted by molar-refractivity contribution is -0.129. The van der Waals surface area contributed by atoms with Gasteiger partial charge >= 0.3 is 5.97 Å². The molecule has 0 radical (unpaired) electrons. The Morgan fingerprint density at radius 2 is 1.78 bits per heavy atom. The molecule has 0 aliphatic rings. The van der Waals surface area contributed by atoms with Crippen molar-refractivity contribution in [3.63, 3.8) is 0 Å². The molecule has 7 nitrogen and oxygen atoms in total. The number of ether oxygens (including phenoxy) is 1. The van der Waals surface area contributed by atoms with Gasteiger partial charge in [-0.25, -0.2) is 10.2 Å². The van der Waals surface area contributed by atoms with Crippen molar-refractivity contribution >= 4 is 79.0 Å². The van der Waals surface area contributed by atoms with E-state index in [1.165, 1.54) is 23.6 Å². The van der Waals surface area contributed by atoms with Gasteiger partial charge in [-0.05, 0) is 35.9 Å². The van der Waals surface area contributed by atoms with Crippen LogP contribution in [0.3, 0.4) is 0 Å². The van der Waals surface area contributed by atoms with Gasteiger partial charge < -0.3 is 10.1 Å². The van der Waals surface area contributed by atoms with E-state index in [1.807, 2.05) is 54.6 Å². The largest absolute Gasteiger partial charge is 0.423 e. The van der Waals surface area contributed by atoms with Crippen LogP contribution in [-0.4, -0.2) is 30.5 Å². The first-order valence-electron chi connectivity index (χ1n) is 10.9. The van der Waals surface area contributed by atoms with Crippen molar-refractivity contribution in [2.24, 2.45) is 5.10 Å². The Labute approximate surface area is 229 Å². The SMILES string of the molecule is O=C(CNC(=O)c1sc2ccccc2c1Cl)N/N=C/c1cc(Br)ccc1OC(=O)/C=C/c1ccccc1. The molecule has 1 heterocycles. The molecule has 0 saturated carbocycles. The first-order valence-corrected chi connectivity index (χ1v) is 12.9. The Balaban J connectivity index is 1.33. The van der Waals surface area contributed by atoms with E-state index in [2.05, 4.69) is 31.8 Å². The second-order valence-electron chi connectivity index (χ2n) is 7.56. The molecule has 0 unspecified atom stereocenters. The summed E-state index contributed by atoms with van der Waals surface area (Å²) in [4.78, 5) is 37.3. The number of rotatable bonds is 8. The van der Waals surface area contributed by atoms with Gasteiger partial charge in [0.25, 0.3) is 11.8 Å². The summed E-state index contributed by atoms with van der Waals surface area (Å²) in [5.41, 5.74) is 3.66. The molecule has 0 saturated heterocycles. The lowest BCUT2D eigenvalue weighted by Gasteiger charge is -2.06. The van der Waals surface area contributed by atoms with E-state index in [9.17, 15) is 14.4 Å². The van der Waals surface area contributed by atoms with Crippen molar-refractivity contribution in [2.75, 3.05) is 6.54 Å². The van der Waals surface area contributed by atoms with Crippen LogP contribution in [0.2, 0.25) is 5.02 Å². The monoisotopic (exact) mass is 595 g/mol. The normalized spacial score (nSPS) is 11.2. The van der Waals surface area contributed by atoms with Gasteiger partial charge in [-0.1, -0.05) is 76.1 Å². The first-order chi connectivity index (χ1) is 17.9. The molecule has 0 aliphatic heterocycles. The van der Waals surface area contributed by atoms with E-state index in [1.54, 1.807) is 24.3 Å². The second kappa shape index (κ2) is 12.4. The Morgan fingerprint density at radius 3 is 2.57 bits per heavy atom. The highest BCUT2D eigenvalue weighted by Crippen LogP contribution is 2.34. The highest BCUT2D eigenvalue weighted by atomic mass is 79.9. The van der Waals surface area contributed by atoms with Gasteiger partial charge in [-0.2, -0.15) is 5.10 Å². The number of amides is 2. The Kier molecular flexibility index (Phi) is 8.84. The van der Waals surface area contributed by atoms with E-state index in [-0.39, 0.29) is 12.3 Å². The number of carbonyl (C=O) groups is 3. The lowest BCUT2D eigenvalue weighted by atomic mass is 10.2. The van der Waals surface area contributed by atoms with Crippen molar-refractivity contribution in [2.45, 2.75) is 0 Å². The smallest absolute Gasteiger partial charge is 0.336 e. The van der Waals surface area contributed by atoms with Gasteiger partial charge in [-0.15, -0.1) is 11.3 Å². The number of fused-ring (bicyclic) bond motifs is 1. The average molecular weight is 597 g/mol. The predicted octanol–water partition coefficient (Wildman–Crippen LogP) is 5.82. The van der Waals surface area contributed by atoms with Crippen molar-refractivity contribution in [3.8, 4) is 5.75 Å². The molecule has 2 N–H and O–H groups in total. The molecule has 4 aromatic rings. The molecule has 2 amide bonds. The number of hydrazone groups is 1. The topological polar surface area (TPSA) is 96.9 Å². The number of nitrogens with zero attached hydrogens (tertiary/aromatic N) is 1. The third-order valence-electron chi connectivity index (χ3n) is 4.94. The maximum absolute atomic E-state index is 12.5. The standard InChI is InChI=1S/C27H19BrClN3O4S/c28-19-11-12-21(36-24(34)13-10-17-6-2-1-3-7-17)18(14-19)15-31-32-23(33)16-30-27(35)26-25(29)20-8-4-5-9-22(20)37-26/h1-15H,16H2,(H,30,35)(H,32,33)/b13-10+,31-15+. The van der Waals surface area contributed by atoms with Crippen LogP contribution in [0, 0.1) is 0 Å². The third-order valence-corrected chi connectivity index (χ3v) is 7.10. The van der Waals surface area contributed by atoms with Gasteiger partial charge in [0, 0.05) is 26.2 Å². The summed E-state index contributed by atoms with van der Waals surface area (Å²) in [5.74, 6) is -1.29. The van der Waals surface area contributed by atoms with Crippen LogP contribution >= 0.6 is 38.9 Å². The van der Waals surface area contributed by atoms with Crippen LogP contribution in [0.25, 0.3) is 16.2 Å². The zero-order valence-corrected chi connectivity index (χ0v) is 22.3. The fourth-order valence-electron chi connectivity index (χ4n) is 3.20. The Bertz CT molecular complexity index is 1520. The van der Waals surface area contributed by atoms with E-state index in [4.69, 9.17) is 16.3 Å². The van der Waals surface area contributed by atoms with Crippen molar-refractivity contribution in [3.05, 3.63) is 104 Å². The van der Waals surface area contributed by atoms with Gasteiger partial charge in [0.1, 0.15) is 10.6 Å². The van der Waals surface area contributed by atoms with E-state index >= 15 is 0 Å². The predicted molar refractivity (Wildman–Crippen MR) is 150 cm³/mol. The summed E-state index contributed by atoms with van der Waals surface area (Å²) < 4.78 is 7.04. The van der Waals surface area contributed by atoms with Gasteiger partial charge in [0.05, 0.1) is 17.8 Å². The summed E-state index contributed by atoms with van der Waals surface area (Å²) in [6, 6.07) is 21.8. The molecule has 0 bridgehead atoms. The average Bonchev–Trinajstić information content (AvgIpc) is 3.24. The fraction of sp³-hybridized carbons (Fsp3) is 0.0370. The van der Waals surface area contributed by atoms with Crippen molar-refractivity contribution in [1.29, 1.82) is 0 Å². The number of esters is 1. The molecule has 37 heavy (non-hydrogen) atoms. The minimum Gasteiger partial charge on any atom is -0.423 e. The fourth-order valence-corrected chi connectivity index (χ4v) is 5.01. The minimum absolute atomic E-state index is 0.261. The lowest BCUT2D eigenvalue weighted by Crippen LogP contribution is -2.34. The van der Waals surface area contributed by atoms with Crippen LogP contribution in [0.1, 0.15) is 20.8 Å². The third kappa shape index (κ3) is 7.13. The number of nitrogens with one attached hydrogen (secondary N) is 2. The Morgan fingerprint density at radius 1 is 1.03 bits per heavy atom. The highest BCUT2D eigenvalue weighted by Gasteiger charge is 2.17. The summed E-state index contributed by atoms with van der Waals surface area (Å²) in [7, 11) is 0. The molecule has 4 rings (SSSR count). The van der Waals surface area contributed by atoms with E-state index in [0.717, 1.165) is 20.1 Å². The molecule has 10 heteroatoms. The first kappa shape index (κ1) is 26.3. The second-order valence-corrected chi connectivity index (χ2v) is 9.91. The molecular formula is C27H19BrClN3O4S.